The van der Waals surface area contributed by atoms with Crippen molar-refractivity contribution >= 4 is 11.9 Å². The molecule has 0 saturated carbocycles. The van der Waals surface area contributed by atoms with Crippen LogP contribution in [0.25, 0.3) is 0 Å². The quantitative estimate of drug-likeness (QED) is 0.703. The summed E-state index contributed by atoms with van der Waals surface area (Å²) in [5.74, 6) is -0.594. The molecule has 0 aromatic rings. The fourth-order valence-corrected chi connectivity index (χ4v) is 1.83. The van der Waals surface area contributed by atoms with Crippen molar-refractivity contribution in [2.45, 2.75) is 38.6 Å². The van der Waals surface area contributed by atoms with Gasteiger partial charge in [-0.15, -0.1) is 0 Å². The topological polar surface area (TPSA) is 64.6 Å². The van der Waals surface area contributed by atoms with E-state index in [0.29, 0.717) is 19.6 Å². The maximum atomic E-state index is 11.8. The van der Waals surface area contributed by atoms with Crippen molar-refractivity contribution in [2.75, 3.05) is 20.3 Å². The third-order valence-electron chi connectivity index (χ3n) is 2.95. The fraction of sp³-hybridized carbons (Fsp3) is 0.833. The lowest BCUT2D eigenvalue weighted by molar-refractivity contribution is -0.145. The standard InChI is InChI=1S/C12H21NO4/c1-3-4-5-10(12(15)16-2)13-11(14)9-6-7-17-8-9/h9-10H,3-8H2,1-2H3,(H,13,14)/t9-,10-/m0/s1. The molecule has 1 aliphatic rings. The Morgan fingerprint density at radius 2 is 2.29 bits per heavy atom. The first-order chi connectivity index (χ1) is 8.19. The van der Waals surface area contributed by atoms with Crippen LogP contribution in [-0.2, 0) is 19.1 Å². The van der Waals surface area contributed by atoms with Crippen molar-refractivity contribution in [1.82, 2.24) is 5.32 Å². The van der Waals surface area contributed by atoms with Crippen molar-refractivity contribution in [1.29, 1.82) is 0 Å². The van der Waals surface area contributed by atoms with Gasteiger partial charge in [-0.25, -0.2) is 4.79 Å². The Kier molecular flexibility index (Phi) is 5.97. The third kappa shape index (κ3) is 4.34. The second kappa shape index (κ2) is 7.27. The lowest BCUT2D eigenvalue weighted by Crippen LogP contribution is -2.44. The first-order valence-electron chi connectivity index (χ1n) is 6.15. The molecule has 5 nitrogen and oxygen atoms in total. The van der Waals surface area contributed by atoms with Gasteiger partial charge in [0.25, 0.3) is 0 Å². The van der Waals surface area contributed by atoms with Crippen LogP contribution in [-0.4, -0.2) is 38.2 Å². The molecule has 0 spiro atoms. The van der Waals surface area contributed by atoms with Gasteiger partial charge < -0.3 is 14.8 Å². The second-order valence-corrected chi connectivity index (χ2v) is 4.29. The Bertz CT molecular complexity index is 261. The first-order valence-corrected chi connectivity index (χ1v) is 6.15. The van der Waals surface area contributed by atoms with E-state index in [1.54, 1.807) is 0 Å². The molecule has 1 rings (SSSR count). The minimum Gasteiger partial charge on any atom is -0.467 e. The van der Waals surface area contributed by atoms with E-state index in [9.17, 15) is 9.59 Å². The molecule has 2 atom stereocenters. The maximum absolute atomic E-state index is 11.8. The smallest absolute Gasteiger partial charge is 0.328 e. The van der Waals surface area contributed by atoms with Crippen LogP contribution in [0.4, 0.5) is 0 Å². The molecule has 1 fully saturated rings. The Hall–Kier alpha value is -1.10. The summed E-state index contributed by atoms with van der Waals surface area (Å²) in [6.07, 6.45) is 3.23. The normalized spacial score (nSPS) is 20.9. The fourth-order valence-electron chi connectivity index (χ4n) is 1.83. The number of esters is 1. The number of ether oxygens (including phenoxy) is 2. The van der Waals surface area contributed by atoms with Gasteiger partial charge in [0, 0.05) is 6.61 Å². The van der Waals surface area contributed by atoms with Gasteiger partial charge in [-0.05, 0) is 12.8 Å². The van der Waals surface area contributed by atoms with Gasteiger partial charge in [0.15, 0.2) is 0 Å². The lowest BCUT2D eigenvalue weighted by atomic mass is 10.1. The second-order valence-electron chi connectivity index (χ2n) is 4.29. The number of amides is 1. The molecular weight excluding hydrogens is 222 g/mol. The van der Waals surface area contributed by atoms with Crippen LogP contribution in [0.15, 0.2) is 0 Å². The average Bonchev–Trinajstić information content (AvgIpc) is 2.87. The maximum Gasteiger partial charge on any atom is 0.328 e. The average molecular weight is 243 g/mol. The zero-order valence-corrected chi connectivity index (χ0v) is 10.5. The summed E-state index contributed by atoms with van der Waals surface area (Å²) < 4.78 is 9.84. The summed E-state index contributed by atoms with van der Waals surface area (Å²) in [7, 11) is 1.34. The van der Waals surface area contributed by atoms with Gasteiger partial charge in [0.1, 0.15) is 6.04 Å². The molecule has 1 N–H and O–H groups in total. The van der Waals surface area contributed by atoms with Gasteiger partial charge in [0.2, 0.25) is 5.91 Å². The predicted octanol–water partition coefficient (Wildman–Crippen LogP) is 0.871. The van der Waals surface area contributed by atoms with E-state index >= 15 is 0 Å². The largest absolute Gasteiger partial charge is 0.467 e. The van der Waals surface area contributed by atoms with E-state index in [0.717, 1.165) is 19.3 Å². The van der Waals surface area contributed by atoms with Crippen LogP contribution in [0.1, 0.15) is 32.6 Å². The van der Waals surface area contributed by atoms with Crippen LogP contribution in [0, 0.1) is 5.92 Å². The number of unbranched alkanes of at least 4 members (excludes halogenated alkanes) is 1. The molecule has 0 bridgehead atoms. The SMILES string of the molecule is CCCC[C@H](NC(=O)[C@H]1CCOC1)C(=O)OC. The van der Waals surface area contributed by atoms with E-state index in [4.69, 9.17) is 4.74 Å². The third-order valence-corrected chi connectivity index (χ3v) is 2.95. The summed E-state index contributed by atoms with van der Waals surface area (Å²) in [6.45, 7) is 3.12. The molecule has 1 amide bonds. The Labute approximate surface area is 102 Å². The van der Waals surface area contributed by atoms with Gasteiger partial charge in [-0.3, -0.25) is 4.79 Å². The Balaban J connectivity index is 2.46. The molecule has 1 heterocycles. The van der Waals surface area contributed by atoms with Crippen molar-refractivity contribution in [3.8, 4) is 0 Å². The van der Waals surface area contributed by atoms with Crippen LogP contribution in [0.2, 0.25) is 0 Å². The highest BCUT2D eigenvalue weighted by Gasteiger charge is 2.28. The molecule has 17 heavy (non-hydrogen) atoms. The van der Waals surface area contributed by atoms with Crippen molar-refractivity contribution in [3.05, 3.63) is 0 Å². The number of methoxy groups -OCH3 is 1. The minimum atomic E-state index is -0.520. The first kappa shape index (κ1) is 14.0. The highest BCUT2D eigenvalue weighted by Crippen LogP contribution is 2.13. The van der Waals surface area contributed by atoms with Crippen LogP contribution in [0.3, 0.4) is 0 Å². The van der Waals surface area contributed by atoms with Crippen LogP contribution >= 0.6 is 0 Å². The summed E-state index contributed by atoms with van der Waals surface area (Å²) in [4.78, 5) is 23.3. The number of carbonyl (C=O) groups excluding carboxylic acids is 2. The van der Waals surface area contributed by atoms with E-state index in [2.05, 4.69) is 10.1 Å². The summed E-state index contributed by atoms with van der Waals surface area (Å²) in [5.41, 5.74) is 0. The van der Waals surface area contributed by atoms with Crippen molar-refractivity contribution in [2.24, 2.45) is 5.92 Å². The molecule has 0 aromatic heterocycles. The molecule has 0 aromatic carbocycles. The van der Waals surface area contributed by atoms with E-state index in [1.807, 2.05) is 6.92 Å². The predicted molar refractivity (Wildman–Crippen MR) is 62.4 cm³/mol. The minimum absolute atomic E-state index is 0.103. The molecule has 98 valence electrons. The summed E-state index contributed by atoms with van der Waals surface area (Å²) in [6, 6.07) is -0.520. The lowest BCUT2D eigenvalue weighted by Gasteiger charge is -2.18. The number of rotatable bonds is 6. The zero-order chi connectivity index (χ0) is 12.7. The van der Waals surface area contributed by atoms with Crippen LogP contribution in [0.5, 0.6) is 0 Å². The van der Waals surface area contributed by atoms with Crippen LogP contribution < -0.4 is 5.32 Å². The number of hydrogen-bond donors (Lipinski definition) is 1. The van der Waals surface area contributed by atoms with E-state index < -0.39 is 6.04 Å². The van der Waals surface area contributed by atoms with E-state index in [-0.39, 0.29) is 17.8 Å². The van der Waals surface area contributed by atoms with Crippen molar-refractivity contribution < 1.29 is 19.1 Å². The molecule has 0 unspecified atom stereocenters. The number of hydrogen-bond acceptors (Lipinski definition) is 4. The highest BCUT2D eigenvalue weighted by atomic mass is 16.5. The summed E-state index contributed by atoms with van der Waals surface area (Å²) >= 11 is 0. The highest BCUT2D eigenvalue weighted by molar-refractivity contribution is 5.85. The van der Waals surface area contributed by atoms with Gasteiger partial charge >= 0.3 is 5.97 Å². The monoisotopic (exact) mass is 243 g/mol. The van der Waals surface area contributed by atoms with Crippen molar-refractivity contribution in [3.63, 3.8) is 0 Å². The van der Waals surface area contributed by atoms with Gasteiger partial charge in [-0.2, -0.15) is 0 Å². The van der Waals surface area contributed by atoms with E-state index in [1.165, 1.54) is 7.11 Å². The molecule has 0 aliphatic carbocycles. The molecule has 1 aliphatic heterocycles. The zero-order valence-electron chi connectivity index (χ0n) is 10.5. The number of nitrogens with one attached hydrogen (secondary N) is 1. The molecule has 5 heteroatoms. The molecule has 0 radical (unpaired) electrons. The Morgan fingerprint density at radius 1 is 1.53 bits per heavy atom. The molecular formula is C12H21NO4. The van der Waals surface area contributed by atoms with Gasteiger partial charge in [0.05, 0.1) is 19.6 Å². The molecule has 1 saturated heterocycles. The van der Waals surface area contributed by atoms with Gasteiger partial charge in [-0.1, -0.05) is 19.8 Å². The Morgan fingerprint density at radius 3 is 2.82 bits per heavy atom. The summed E-state index contributed by atoms with van der Waals surface area (Å²) in [5, 5.41) is 2.75. The number of carbonyl (C=O) groups is 2.